The summed E-state index contributed by atoms with van der Waals surface area (Å²) >= 11 is 0. The highest BCUT2D eigenvalue weighted by Crippen LogP contribution is 2.41. The Hall–Kier alpha value is -6.32. The molecule has 16 heteroatoms. The van der Waals surface area contributed by atoms with E-state index in [4.69, 9.17) is 0 Å². The van der Waals surface area contributed by atoms with Gasteiger partial charge in [0, 0.05) is 94.8 Å². The van der Waals surface area contributed by atoms with E-state index in [1.165, 1.54) is 41.4 Å². The predicted octanol–water partition coefficient (Wildman–Crippen LogP) is 6.29. The number of nitrogens with one attached hydrogen (secondary N) is 2. The number of nitrogens with zero attached hydrogens (tertiary/aromatic N) is 6. The summed E-state index contributed by atoms with van der Waals surface area (Å²) in [7, 11) is 3.10. The number of rotatable bonds is 9. The lowest BCUT2D eigenvalue weighted by Crippen LogP contribution is -2.39. The van der Waals surface area contributed by atoms with Crippen molar-refractivity contribution in [1.82, 2.24) is 34.9 Å². The van der Waals surface area contributed by atoms with E-state index in [0.29, 0.717) is 56.6 Å². The van der Waals surface area contributed by atoms with E-state index < -0.39 is 46.9 Å². The highest BCUT2D eigenvalue weighted by atomic mass is 19.2. The molecule has 5 aromatic rings. The van der Waals surface area contributed by atoms with Gasteiger partial charge in [-0.2, -0.15) is 5.10 Å². The smallest absolute Gasteiger partial charge is 0.269 e. The van der Waals surface area contributed by atoms with E-state index in [1.807, 2.05) is 6.08 Å². The van der Waals surface area contributed by atoms with Crippen molar-refractivity contribution in [2.75, 3.05) is 45.2 Å². The van der Waals surface area contributed by atoms with Gasteiger partial charge in [-0.25, -0.2) is 22.5 Å². The number of hydrogen-bond donors (Lipinski definition) is 2. The van der Waals surface area contributed by atoms with Crippen LogP contribution >= 0.6 is 0 Å². The molecule has 2 fully saturated rings. The van der Waals surface area contributed by atoms with Crippen LogP contribution in [-0.4, -0.2) is 93.5 Å². The van der Waals surface area contributed by atoms with E-state index in [2.05, 4.69) is 20.4 Å². The molecule has 12 nitrogen and oxygen atoms in total. The van der Waals surface area contributed by atoms with Crippen LogP contribution in [0.5, 0.6) is 0 Å². The van der Waals surface area contributed by atoms with E-state index in [-0.39, 0.29) is 82.3 Å². The first kappa shape index (κ1) is 39.5. The van der Waals surface area contributed by atoms with Crippen LogP contribution in [0, 0.1) is 23.3 Å². The lowest BCUT2D eigenvalue weighted by Gasteiger charge is -2.33. The van der Waals surface area contributed by atoms with Crippen LogP contribution in [0.25, 0.3) is 27.6 Å². The molecular weight excluding hydrogens is 769 g/mol. The Labute approximate surface area is 336 Å². The second-order valence-corrected chi connectivity index (χ2v) is 15.5. The van der Waals surface area contributed by atoms with Crippen LogP contribution in [0.3, 0.4) is 0 Å². The van der Waals surface area contributed by atoms with E-state index in [0.717, 1.165) is 0 Å². The Morgan fingerprint density at radius 1 is 0.932 bits per heavy atom. The van der Waals surface area contributed by atoms with Crippen molar-refractivity contribution in [2.45, 2.75) is 56.9 Å². The highest BCUT2D eigenvalue weighted by Gasteiger charge is 2.32. The number of aryl methyl sites for hydroxylation is 1. The maximum atomic E-state index is 16.5. The molecule has 3 aliphatic heterocycles. The first-order valence-electron chi connectivity index (χ1n) is 19.6. The van der Waals surface area contributed by atoms with Crippen molar-refractivity contribution in [3.63, 3.8) is 0 Å². The topological polar surface area (TPSA) is 137 Å². The Balaban J connectivity index is 1.05. The van der Waals surface area contributed by atoms with Crippen LogP contribution < -0.4 is 10.2 Å². The molecule has 4 amide bonds. The van der Waals surface area contributed by atoms with Crippen molar-refractivity contribution in [3.05, 3.63) is 107 Å². The van der Waals surface area contributed by atoms with Crippen LogP contribution in [0.2, 0.25) is 0 Å². The fourth-order valence-corrected chi connectivity index (χ4v) is 8.40. The Morgan fingerprint density at radius 3 is 2.44 bits per heavy atom. The summed E-state index contributed by atoms with van der Waals surface area (Å²) in [6.45, 7) is 1.53. The number of aromatic nitrogens is 4. The molecule has 59 heavy (non-hydrogen) atoms. The molecule has 2 aromatic carbocycles. The van der Waals surface area contributed by atoms with E-state index >= 15 is 17.6 Å². The third-order valence-electron chi connectivity index (χ3n) is 11.6. The summed E-state index contributed by atoms with van der Waals surface area (Å²) < 4.78 is 66.3. The number of piperidine rings is 2. The minimum absolute atomic E-state index is 0.0482. The average molecular weight is 811 g/mol. The zero-order valence-electron chi connectivity index (χ0n) is 32.5. The number of halogens is 4. The van der Waals surface area contributed by atoms with Crippen LogP contribution in [0.4, 0.5) is 23.4 Å². The zero-order valence-corrected chi connectivity index (χ0v) is 32.5. The quantitative estimate of drug-likeness (QED) is 0.132. The predicted molar refractivity (Wildman–Crippen MR) is 211 cm³/mol. The molecule has 8 rings (SSSR count). The number of anilines is 1. The molecule has 0 bridgehead atoms. The molecule has 0 aliphatic carbocycles. The first-order chi connectivity index (χ1) is 28.4. The molecule has 0 radical (unpaired) electrons. The zero-order chi connectivity index (χ0) is 41.5. The fraction of sp³-hybridized carbons (Fsp3) is 0.349. The molecule has 0 spiro atoms. The highest BCUT2D eigenvalue weighted by molar-refractivity contribution is 6.05. The molecule has 3 aliphatic rings. The molecule has 2 N–H and O–H groups in total. The number of carbonyl (C=O) groups excluding carboxylic acids is 4. The Kier molecular flexibility index (Phi) is 10.8. The van der Waals surface area contributed by atoms with Gasteiger partial charge < -0.3 is 19.7 Å². The molecule has 2 saturated heterocycles. The summed E-state index contributed by atoms with van der Waals surface area (Å²) in [5, 5.41) is 6.61. The Morgan fingerprint density at radius 2 is 1.73 bits per heavy atom. The normalized spacial score (nSPS) is 17.7. The van der Waals surface area contributed by atoms with Gasteiger partial charge in [0.15, 0.2) is 29.1 Å². The molecule has 6 heterocycles. The van der Waals surface area contributed by atoms with Gasteiger partial charge in [-0.15, -0.1) is 0 Å². The van der Waals surface area contributed by atoms with E-state index in [9.17, 15) is 19.2 Å². The number of amides is 4. The lowest BCUT2D eigenvalue weighted by atomic mass is 9.86. The summed E-state index contributed by atoms with van der Waals surface area (Å²) in [5.74, 6) is -5.90. The van der Waals surface area contributed by atoms with Gasteiger partial charge in [0.05, 0.1) is 11.4 Å². The van der Waals surface area contributed by atoms with Gasteiger partial charge >= 0.3 is 0 Å². The standard InChI is InChI=1S/C43H42F4N8O4/c1-52(2)43(59)34-21-32-31(20-30(39(47)40(32)50-34)25-5-3-14-54(23-25)36(57)12-18-55-15-4-13-49-55)29-7-6-27(37(45)38(29)46)24-10-16-53(17-11-24)41-33(44)19-26(22-48-41)28-8-9-35(56)51-42(28)58/h4-7,13,15,19-22,24,28,50H,3,8-12,14,16-18,23H2,1-2H3,(H,51,56,58). The molecule has 1 atom stereocenters. The minimum Gasteiger partial charge on any atom is -0.354 e. The Bertz CT molecular complexity index is 2510. The number of imide groups is 1. The van der Waals surface area contributed by atoms with Crippen LogP contribution in [-0.2, 0) is 20.9 Å². The number of carbonyl (C=O) groups is 4. The fourth-order valence-electron chi connectivity index (χ4n) is 8.40. The monoisotopic (exact) mass is 810 g/mol. The van der Waals surface area contributed by atoms with Crippen molar-refractivity contribution in [1.29, 1.82) is 0 Å². The largest absolute Gasteiger partial charge is 0.354 e. The van der Waals surface area contributed by atoms with Gasteiger partial charge in [-0.05, 0) is 78.1 Å². The number of benzene rings is 2. The molecular formula is C43H42F4N8O4. The van der Waals surface area contributed by atoms with Crippen molar-refractivity contribution >= 4 is 45.9 Å². The first-order valence-corrected chi connectivity index (χ1v) is 19.6. The molecule has 1 unspecified atom stereocenters. The number of fused-ring (bicyclic) bond motifs is 1. The third kappa shape index (κ3) is 7.70. The number of pyridine rings is 1. The molecule has 306 valence electrons. The van der Waals surface area contributed by atoms with Gasteiger partial charge in [0.25, 0.3) is 5.91 Å². The number of hydrogen-bond acceptors (Lipinski definition) is 7. The number of aromatic amines is 1. The summed E-state index contributed by atoms with van der Waals surface area (Å²) in [6.07, 6.45) is 8.47. The maximum Gasteiger partial charge on any atom is 0.269 e. The summed E-state index contributed by atoms with van der Waals surface area (Å²) in [5.41, 5.74) is 1.20. The second kappa shape index (κ2) is 16.1. The lowest BCUT2D eigenvalue weighted by molar-refractivity contribution is -0.134. The van der Waals surface area contributed by atoms with Gasteiger partial charge in [-0.1, -0.05) is 18.2 Å². The average Bonchev–Trinajstić information content (AvgIpc) is 3.93. The SMILES string of the molecule is CN(C)C(=O)c1cc2c(-c3ccc(C4CCN(c5ncc(C6CCC(=O)NC6=O)cc5F)CC4)c(F)c3F)cc(C3=CCCN(C(=O)CCn4cccn4)C3)c(F)c2[nH]1. The minimum atomic E-state index is -1.13. The third-order valence-corrected chi connectivity index (χ3v) is 11.6. The van der Waals surface area contributed by atoms with Gasteiger partial charge in [-0.3, -0.25) is 29.2 Å². The van der Waals surface area contributed by atoms with Crippen molar-refractivity contribution in [3.8, 4) is 11.1 Å². The van der Waals surface area contributed by atoms with Crippen LogP contribution in [0.15, 0.2) is 61.1 Å². The van der Waals surface area contributed by atoms with Crippen LogP contribution in [0.1, 0.15) is 77.5 Å². The van der Waals surface area contributed by atoms with Gasteiger partial charge in [0.2, 0.25) is 17.7 Å². The molecule has 3 aromatic heterocycles. The second-order valence-electron chi connectivity index (χ2n) is 15.5. The van der Waals surface area contributed by atoms with Gasteiger partial charge in [0.1, 0.15) is 5.69 Å². The summed E-state index contributed by atoms with van der Waals surface area (Å²) in [4.78, 5) is 62.0. The van der Waals surface area contributed by atoms with Crippen molar-refractivity contribution in [2.24, 2.45) is 0 Å². The number of H-pyrrole nitrogens is 1. The van der Waals surface area contributed by atoms with E-state index in [1.54, 1.807) is 47.0 Å². The molecule has 0 saturated carbocycles. The van der Waals surface area contributed by atoms with Crippen molar-refractivity contribution < 1.29 is 36.7 Å². The summed E-state index contributed by atoms with van der Waals surface area (Å²) in [6, 6.07) is 8.91. The maximum absolute atomic E-state index is 16.5.